The van der Waals surface area contributed by atoms with Crippen molar-refractivity contribution < 1.29 is 13.5 Å². The summed E-state index contributed by atoms with van der Waals surface area (Å²) in [6.45, 7) is 1.45. The maximum absolute atomic E-state index is 12.7. The van der Waals surface area contributed by atoms with Gasteiger partial charge in [0.15, 0.2) is 0 Å². The number of ether oxygens (including phenoxy) is 1. The van der Waals surface area contributed by atoms with E-state index in [-0.39, 0.29) is 11.7 Å². The molecule has 7 heteroatoms. The molecule has 0 spiro atoms. The van der Waals surface area contributed by atoms with E-state index in [2.05, 4.69) is 10.1 Å². The van der Waals surface area contributed by atoms with Crippen LogP contribution in [0.15, 0.2) is 30.7 Å². The van der Waals surface area contributed by atoms with Crippen LogP contribution in [0.5, 0.6) is 0 Å². The maximum Gasteiger partial charge on any atom is 0.280 e. The summed E-state index contributed by atoms with van der Waals surface area (Å²) in [6.07, 6.45) is 4.68. The molecule has 116 valence electrons. The number of halogens is 2. The fourth-order valence-corrected chi connectivity index (χ4v) is 2.98. The van der Waals surface area contributed by atoms with E-state index in [9.17, 15) is 8.78 Å². The van der Waals surface area contributed by atoms with Gasteiger partial charge in [0.1, 0.15) is 13.5 Å². The van der Waals surface area contributed by atoms with Gasteiger partial charge >= 0.3 is 0 Å². The van der Waals surface area contributed by atoms with Gasteiger partial charge in [0.05, 0.1) is 6.04 Å². The lowest BCUT2D eigenvalue weighted by molar-refractivity contribution is 0.0526. The average Bonchev–Trinajstić information content (AvgIpc) is 2.95. The Morgan fingerprint density at radius 2 is 2.00 bits per heavy atom. The third-order valence-corrected chi connectivity index (χ3v) is 4.10. The highest BCUT2D eigenvalue weighted by molar-refractivity contribution is 6.31. The highest BCUT2D eigenvalue weighted by Gasteiger charge is 2.28. The van der Waals surface area contributed by atoms with E-state index in [1.807, 2.05) is 24.9 Å². The molecule has 0 saturated carbocycles. The summed E-state index contributed by atoms with van der Waals surface area (Å²) in [7, 11) is 1.99. The molecule has 1 unspecified atom stereocenters. The molecule has 1 fully saturated rings. The van der Waals surface area contributed by atoms with Crippen molar-refractivity contribution in [3.05, 3.63) is 42.0 Å². The molecule has 1 atom stereocenters. The molecule has 2 aromatic rings. The first-order valence-electron chi connectivity index (χ1n) is 7.47. The van der Waals surface area contributed by atoms with Crippen LogP contribution in [0.2, 0.25) is 0 Å². The lowest BCUT2D eigenvalue weighted by atomic mass is 9.87. The molecule has 22 heavy (non-hydrogen) atoms. The summed E-state index contributed by atoms with van der Waals surface area (Å²) in [4.78, 5) is 3.90. The lowest BCUT2D eigenvalue weighted by Crippen LogP contribution is -2.27. The minimum Gasteiger partial charge on any atom is -0.381 e. The van der Waals surface area contributed by atoms with Crippen LogP contribution < -0.4 is 5.46 Å². The number of nitrogens with zero attached hydrogens (tertiary/aromatic N) is 3. The number of hydrogen-bond acceptors (Lipinski definition) is 3. The van der Waals surface area contributed by atoms with E-state index in [1.54, 1.807) is 12.3 Å². The minimum absolute atomic E-state index is 0.0109. The Morgan fingerprint density at radius 1 is 1.23 bits per heavy atom. The van der Waals surface area contributed by atoms with Crippen LogP contribution in [-0.4, -0.2) is 35.8 Å². The van der Waals surface area contributed by atoms with Crippen LogP contribution in [0.4, 0.5) is 8.78 Å². The molecule has 0 radical (unpaired) electrons. The smallest absolute Gasteiger partial charge is 0.280 e. The van der Waals surface area contributed by atoms with E-state index in [4.69, 9.17) is 4.74 Å². The van der Waals surface area contributed by atoms with Gasteiger partial charge in [0, 0.05) is 31.8 Å². The predicted molar refractivity (Wildman–Crippen MR) is 81.3 cm³/mol. The van der Waals surface area contributed by atoms with Crippen LogP contribution >= 0.6 is 0 Å². The van der Waals surface area contributed by atoms with Crippen LogP contribution in [0.3, 0.4) is 0 Å². The second kappa shape index (κ2) is 6.56. The van der Waals surface area contributed by atoms with Crippen molar-refractivity contribution in [2.45, 2.75) is 25.3 Å². The van der Waals surface area contributed by atoms with Crippen LogP contribution in [0, 0.1) is 5.92 Å². The number of aromatic nitrogens is 3. The topological polar surface area (TPSA) is 39.9 Å². The molecule has 0 amide bonds. The van der Waals surface area contributed by atoms with E-state index in [1.165, 1.54) is 6.07 Å². The zero-order valence-electron chi connectivity index (χ0n) is 12.5. The number of rotatable bonds is 4. The Balaban J connectivity index is 1.93. The number of alkyl halides is 2. The Kier molecular flexibility index (Phi) is 4.52. The van der Waals surface area contributed by atoms with Crippen molar-refractivity contribution in [2.75, 3.05) is 13.2 Å². The van der Waals surface area contributed by atoms with Gasteiger partial charge in [-0.2, -0.15) is 5.10 Å². The van der Waals surface area contributed by atoms with Crippen LogP contribution in [0.1, 0.15) is 36.6 Å². The first kappa shape index (κ1) is 15.2. The van der Waals surface area contributed by atoms with Gasteiger partial charge in [-0.05, 0) is 30.4 Å². The van der Waals surface area contributed by atoms with Gasteiger partial charge in [-0.3, -0.25) is 9.67 Å². The van der Waals surface area contributed by atoms with Crippen molar-refractivity contribution in [1.29, 1.82) is 0 Å². The quantitative estimate of drug-likeness (QED) is 0.804. The molecule has 0 N–H and O–H groups in total. The molecular weight excluding hydrogens is 287 g/mol. The van der Waals surface area contributed by atoms with E-state index < -0.39 is 6.43 Å². The highest BCUT2D eigenvalue weighted by atomic mass is 19.3. The van der Waals surface area contributed by atoms with Gasteiger partial charge in [-0.1, -0.05) is 11.5 Å². The molecule has 0 aliphatic carbocycles. The summed E-state index contributed by atoms with van der Waals surface area (Å²) in [5.41, 5.74) is 1.81. The molecule has 0 aromatic carbocycles. The fraction of sp³-hybridized carbons (Fsp3) is 0.467. The largest absolute Gasteiger partial charge is 0.381 e. The molecule has 4 nitrogen and oxygen atoms in total. The predicted octanol–water partition coefficient (Wildman–Crippen LogP) is 1.49. The summed E-state index contributed by atoms with van der Waals surface area (Å²) >= 11 is 0. The van der Waals surface area contributed by atoms with Gasteiger partial charge in [0.25, 0.3) is 6.43 Å². The Bertz CT molecular complexity index is 612. The molecule has 0 bridgehead atoms. The van der Waals surface area contributed by atoms with Crippen molar-refractivity contribution >= 4 is 13.3 Å². The van der Waals surface area contributed by atoms with Crippen molar-refractivity contribution in [3.63, 3.8) is 0 Å². The van der Waals surface area contributed by atoms with E-state index in [0.717, 1.165) is 37.1 Å². The molecule has 1 aliphatic heterocycles. The molecule has 3 heterocycles. The SMILES string of the molecule is Bc1cnn(C(c2ccc(C(F)F)nc2)C2CCOCC2)c1. The zero-order chi connectivity index (χ0) is 15.5. The normalized spacial score (nSPS) is 17.8. The second-order valence-corrected chi connectivity index (χ2v) is 5.71. The van der Waals surface area contributed by atoms with Crippen LogP contribution in [-0.2, 0) is 4.74 Å². The Labute approximate surface area is 128 Å². The van der Waals surface area contributed by atoms with Crippen molar-refractivity contribution in [3.8, 4) is 0 Å². The van der Waals surface area contributed by atoms with Gasteiger partial charge in [-0.15, -0.1) is 0 Å². The lowest BCUT2D eigenvalue weighted by Gasteiger charge is -2.30. The van der Waals surface area contributed by atoms with Gasteiger partial charge in [0.2, 0.25) is 0 Å². The standard InChI is InChI=1S/C15H18BF2N3O/c16-12-8-20-21(9-12)14(10-3-5-22-6-4-10)11-1-2-13(15(17)18)19-7-11/h1-2,7-10,14-15H,3-6,16H2. The van der Waals surface area contributed by atoms with Gasteiger partial charge in [-0.25, -0.2) is 8.78 Å². The number of pyridine rings is 1. The van der Waals surface area contributed by atoms with Gasteiger partial charge < -0.3 is 4.74 Å². The first-order chi connectivity index (χ1) is 10.6. The van der Waals surface area contributed by atoms with Crippen molar-refractivity contribution in [1.82, 2.24) is 14.8 Å². The number of hydrogen-bond donors (Lipinski definition) is 0. The Morgan fingerprint density at radius 3 is 2.55 bits per heavy atom. The second-order valence-electron chi connectivity index (χ2n) is 5.71. The summed E-state index contributed by atoms with van der Waals surface area (Å²) in [5.74, 6) is 0.368. The molecule has 1 saturated heterocycles. The highest BCUT2D eigenvalue weighted by Crippen LogP contribution is 2.33. The first-order valence-corrected chi connectivity index (χ1v) is 7.47. The van der Waals surface area contributed by atoms with E-state index >= 15 is 0 Å². The molecule has 2 aromatic heterocycles. The zero-order valence-corrected chi connectivity index (χ0v) is 12.5. The van der Waals surface area contributed by atoms with Crippen LogP contribution in [0.25, 0.3) is 0 Å². The minimum atomic E-state index is -2.54. The summed E-state index contributed by atoms with van der Waals surface area (Å²) in [6, 6.07) is 3.16. The monoisotopic (exact) mass is 305 g/mol. The summed E-state index contributed by atoms with van der Waals surface area (Å²) < 4.78 is 32.7. The Hall–Kier alpha value is -1.76. The fourth-order valence-electron chi connectivity index (χ4n) is 2.98. The average molecular weight is 305 g/mol. The van der Waals surface area contributed by atoms with Crippen molar-refractivity contribution in [2.24, 2.45) is 5.92 Å². The molecular formula is C15H18BF2N3O. The molecule has 3 rings (SSSR count). The molecule has 1 aliphatic rings. The third kappa shape index (κ3) is 3.19. The summed E-state index contributed by atoms with van der Waals surface area (Å²) in [5, 5.41) is 4.43. The third-order valence-electron chi connectivity index (χ3n) is 4.10. The van der Waals surface area contributed by atoms with E-state index in [0.29, 0.717) is 5.92 Å². The maximum atomic E-state index is 12.7.